The van der Waals surface area contributed by atoms with Gasteiger partial charge in [0.05, 0.1) is 20.6 Å². The third-order valence-electron chi connectivity index (χ3n) is 4.87. The maximum absolute atomic E-state index is 12.4. The minimum absolute atomic E-state index is 0.0229. The lowest BCUT2D eigenvalue weighted by molar-refractivity contribution is -0.120. The molecule has 0 saturated carbocycles. The highest BCUT2D eigenvalue weighted by atomic mass is 16.5. The molecular weight excluding hydrogens is 352 g/mol. The van der Waals surface area contributed by atoms with Crippen LogP contribution in [0.3, 0.4) is 0 Å². The minimum Gasteiger partial charge on any atom is -0.493 e. The van der Waals surface area contributed by atoms with Crippen LogP contribution in [0.2, 0.25) is 0 Å². The summed E-state index contributed by atoms with van der Waals surface area (Å²) in [5.74, 6) is 1.30. The van der Waals surface area contributed by atoms with Crippen LogP contribution in [0.4, 0.5) is 0 Å². The van der Waals surface area contributed by atoms with Crippen LogP contribution in [0.15, 0.2) is 60.7 Å². The number of hydrogen-bond donors (Lipinski definition) is 2. The third kappa shape index (κ3) is 3.51. The van der Waals surface area contributed by atoms with Crippen molar-refractivity contribution in [3.8, 4) is 11.5 Å². The van der Waals surface area contributed by atoms with Gasteiger partial charge in [0.1, 0.15) is 0 Å². The summed E-state index contributed by atoms with van der Waals surface area (Å²) in [7, 11) is 3.20. The zero-order valence-corrected chi connectivity index (χ0v) is 15.9. The second-order valence-electron chi connectivity index (χ2n) is 6.69. The Labute approximate surface area is 163 Å². The molecule has 0 radical (unpaired) electrons. The number of amides is 1. The van der Waals surface area contributed by atoms with Gasteiger partial charge in [0.15, 0.2) is 11.5 Å². The highest BCUT2D eigenvalue weighted by molar-refractivity contribution is 6.07. The van der Waals surface area contributed by atoms with Gasteiger partial charge in [0, 0.05) is 28.4 Å². The van der Waals surface area contributed by atoms with Crippen LogP contribution in [-0.2, 0) is 17.8 Å². The number of aromatic nitrogens is 1. The number of aromatic amines is 1. The van der Waals surface area contributed by atoms with Crippen LogP contribution in [0.25, 0.3) is 21.8 Å². The fourth-order valence-corrected chi connectivity index (χ4v) is 3.45. The van der Waals surface area contributed by atoms with E-state index in [0.29, 0.717) is 24.5 Å². The fraction of sp³-hybridized carbons (Fsp3) is 0.174. The second-order valence-corrected chi connectivity index (χ2v) is 6.69. The monoisotopic (exact) mass is 374 g/mol. The number of nitrogens with one attached hydrogen (secondary N) is 2. The number of ether oxygens (including phenoxy) is 2. The first kappa shape index (κ1) is 17.9. The van der Waals surface area contributed by atoms with E-state index in [9.17, 15) is 4.79 Å². The molecule has 4 rings (SSSR count). The summed E-state index contributed by atoms with van der Waals surface area (Å²) in [4.78, 5) is 15.8. The molecule has 3 aromatic carbocycles. The lowest BCUT2D eigenvalue weighted by Gasteiger charge is -2.10. The van der Waals surface area contributed by atoms with Gasteiger partial charge in [-0.2, -0.15) is 0 Å². The molecule has 5 heteroatoms. The van der Waals surface area contributed by atoms with Crippen LogP contribution in [0.5, 0.6) is 11.5 Å². The first-order valence-corrected chi connectivity index (χ1v) is 9.15. The number of methoxy groups -OCH3 is 2. The number of hydrogen-bond acceptors (Lipinski definition) is 3. The lowest BCUT2D eigenvalue weighted by Crippen LogP contribution is -2.24. The number of fused-ring (bicyclic) bond motifs is 3. The number of para-hydroxylation sites is 1. The van der Waals surface area contributed by atoms with E-state index < -0.39 is 0 Å². The zero-order valence-electron chi connectivity index (χ0n) is 15.9. The summed E-state index contributed by atoms with van der Waals surface area (Å²) >= 11 is 0. The molecule has 2 N–H and O–H groups in total. The minimum atomic E-state index is -0.0229. The van der Waals surface area contributed by atoms with Crippen molar-refractivity contribution in [3.63, 3.8) is 0 Å². The molecule has 28 heavy (non-hydrogen) atoms. The van der Waals surface area contributed by atoms with E-state index in [1.54, 1.807) is 14.2 Å². The first-order valence-electron chi connectivity index (χ1n) is 9.15. The number of benzene rings is 3. The van der Waals surface area contributed by atoms with Crippen molar-refractivity contribution < 1.29 is 14.3 Å². The number of carbonyl (C=O) groups is 1. The zero-order chi connectivity index (χ0) is 19.5. The molecular formula is C23H22N2O3. The predicted molar refractivity (Wildman–Crippen MR) is 111 cm³/mol. The lowest BCUT2D eigenvalue weighted by atomic mass is 10.1. The fourth-order valence-electron chi connectivity index (χ4n) is 3.45. The number of rotatable bonds is 6. The van der Waals surface area contributed by atoms with Crippen LogP contribution >= 0.6 is 0 Å². The molecule has 0 atom stereocenters. The molecule has 0 unspecified atom stereocenters. The Morgan fingerprint density at radius 3 is 2.43 bits per heavy atom. The SMILES string of the molecule is COc1ccc(CNC(=O)Cc2ccc3c(c2)[nH]c2ccccc23)cc1OC. The van der Waals surface area contributed by atoms with Gasteiger partial charge >= 0.3 is 0 Å². The van der Waals surface area contributed by atoms with E-state index in [-0.39, 0.29) is 5.91 Å². The molecule has 4 aromatic rings. The van der Waals surface area contributed by atoms with Crippen molar-refractivity contribution in [2.45, 2.75) is 13.0 Å². The Kier molecular flexibility index (Phi) is 4.89. The number of carbonyl (C=O) groups excluding carboxylic acids is 1. The van der Waals surface area contributed by atoms with Gasteiger partial charge in [-0.15, -0.1) is 0 Å². The quantitative estimate of drug-likeness (QED) is 0.532. The average Bonchev–Trinajstić information content (AvgIpc) is 3.09. The smallest absolute Gasteiger partial charge is 0.224 e. The summed E-state index contributed by atoms with van der Waals surface area (Å²) in [5, 5.41) is 5.33. The highest BCUT2D eigenvalue weighted by Gasteiger charge is 2.09. The largest absolute Gasteiger partial charge is 0.493 e. The Bertz CT molecular complexity index is 1150. The molecule has 0 aliphatic rings. The third-order valence-corrected chi connectivity index (χ3v) is 4.87. The van der Waals surface area contributed by atoms with Gasteiger partial charge in [0.2, 0.25) is 5.91 Å². The van der Waals surface area contributed by atoms with E-state index >= 15 is 0 Å². The molecule has 0 saturated heterocycles. The van der Waals surface area contributed by atoms with Crippen molar-refractivity contribution in [2.75, 3.05) is 14.2 Å². The van der Waals surface area contributed by atoms with Crippen LogP contribution in [-0.4, -0.2) is 25.1 Å². The van der Waals surface area contributed by atoms with E-state index in [1.807, 2.05) is 42.5 Å². The Balaban J connectivity index is 1.44. The molecule has 0 bridgehead atoms. The number of H-pyrrole nitrogens is 1. The van der Waals surface area contributed by atoms with E-state index in [4.69, 9.17) is 9.47 Å². The summed E-state index contributed by atoms with van der Waals surface area (Å²) in [6, 6.07) is 20.0. The van der Waals surface area contributed by atoms with Gasteiger partial charge in [-0.05, 0) is 35.4 Å². The van der Waals surface area contributed by atoms with Crippen molar-refractivity contribution in [1.29, 1.82) is 0 Å². The summed E-state index contributed by atoms with van der Waals surface area (Å²) < 4.78 is 10.5. The van der Waals surface area contributed by atoms with Gasteiger partial charge in [-0.1, -0.05) is 36.4 Å². The van der Waals surface area contributed by atoms with Crippen molar-refractivity contribution in [3.05, 3.63) is 71.8 Å². The van der Waals surface area contributed by atoms with Crippen molar-refractivity contribution in [2.24, 2.45) is 0 Å². The first-order chi connectivity index (χ1) is 13.7. The predicted octanol–water partition coefficient (Wildman–Crippen LogP) is 4.20. The summed E-state index contributed by atoms with van der Waals surface area (Å²) in [6.45, 7) is 0.438. The molecule has 1 amide bonds. The topological polar surface area (TPSA) is 63.3 Å². The molecule has 1 heterocycles. The maximum Gasteiger partial charge on any atom is 0.224 e. The van der Waals surface area contributed by atoms with Gasteiger partial charge < -0.3 is 19.8 Å². The molecule has 0 aliphatic heterocycles. The van der Waals surface area contributed by atoms with Crippen molar-refractivity contribution >= 4 is 27.7 Å². The van der Waals surface area contributed by atoms with Crippen molar-refractivity contribution in [1.82, 2.24) is 10.3 Å². The van der Waals surface area contributed by atoms with E-state index in [0.717, 1.165) is 22.2 Å². The standard InChI is InChI=1S/C23H22N2O3/c1-27-21-10-8-16(12-22(21)28-2)14-24-23(26)13-15-7-9-18-17-5-3-4-6-19(17)25-20(18)11-15/h3-12,25H,13-14H2,1-2H3,(H,24,26). The summed E-state index contributed by atoms with van der Waals surface area (Å²) in [5.41, 5.74) is 4.08. The Morgan fingerprint density at radius 2 is 1.61 bits per heavy atom. The van der Waals surface area contributed by atoms with Gasteiger partial charge in [-0.3, -0.25) is 4.79 Å². The molecule has 0 fully saturated rings. The molecule has 1 aromatic heterocycles. The van der Waals surface area contributed by atoms with E-state index in [2.05, 4.69) is 28.5 Å². The van der Waals surface area contributed by atoms with Gasteiger partial charge in [-0.25, -0.2) is 0 Å². The van der Waals surface area contributed by atoms with Crippen LogP contribution in [0.1, 0.15) is 11.1 Å². The van der Waals surface area contributed by atoms with Crippen LogP contribution in [0, 0.1) is 0 Å². The normalized spacial score (nSPS) is 10.9. The van der Waals surface area contributed by atoms with Gasteiger partial charge in [0.25, 0.3) is 0 Å². The average molecular weight is 374 g/mol. The van der Waals surface area contributed by atoms with Crippen LogP contribution < -0.4 is 14.8 Å². The van der Waals surface area contributed by atoms with E-state index in [1.165, 1.54) is 10.8 Å². The molecule has 142 valence electrons. The molecule has 0 aliphatic carbocycles. The Hall–Kier alpha value is -3.47. The highest BCUT2D eigenvalue weighted by Crippen LogP contribution is 2.28. The summed E-state index contributed by atoms with van der Waals surface area (Å²) in [6.07, 6.45) is 0.332. The molecule has 0 spiro atoms. The Morgan fingerprint density at radius 1 is 0.857 bits per heavy atom. The maximum atomic E-state index is 12.4. The molecule has 5 nitrogen and oxygen atoms in total. The second kappa shape index (κ2) is 7.64.